The summed E-state index contributed by atoms with van der Waals surface area (Å²) in [7, 11) is 0. The van der Waals surface area contributed by atoms with Crippen LogP contribution in [-0.4, -0.2) is 5.75 Å². The molecule has 1 aromatic carbocycles. The highest BCUT2D eigenvalue weighted by atomic mass is 32.2. The maximum atomic E-state index is 2.26. The molecule has 0 unspecified atom stereocenters. The number of rotatable bonds is 4. The minimum Gasteiger partial charge on any atom is -0.126 e. The molecule has 84 valence electrons. The minimum absolute atomic E-state index is 0.270. The van der Waals surface area contributed by atoms with Crippen molar-refractivity contribution in [3.63, 3.8) is 0 Å². The highest BCUT2D eigenvalue weighted by molar-refractivity contribution is 7.99. The Balaban J connectivity index is 2.57. The van der Waals surface area contributed by atoms with Gasteiger partial charge in [-0.15, -0.1) is 11.8 Å². The average molecular weight is 222 g/mol. The lowest BCUT2D eigenvalue weighted by Crippen LogP contribution is -2.10. The molecule has 0 fully saturated rings. The molecule has 0 amide bonds. The number of hydrogen-bond donors (Lipinski definition) is 0. The summed E-state index contributed by atoms with van der Waals surface area (Å²) in [6.45, 7) is 9.01. The van der Waals surface area contributed by atoms with E-state index in [1.165, 1.54) is 29.1 Å². The minimum atomic E-state index is 0.270. The Morgan fingerprint density at radius 1 is 1.07 bits per heavy atom. The maximum Gasteiger partial charge on any atom is 0.00721 e. The third-order valence-electron chi connectivity index (χ3n) is 2.49. The average Bonchev–Trinajstić information content (AvgIpc) is 2.18. The lowest BCUT2D eigenvalue weighted by atomic mass is 9.87. The van der Waals surface area contributed by atoms with Gasteiger partial charge in [-0.3, -0.25) is 0 Å². The lowest BCUT2D eigenvalue weighted by Gasteiger charge is -2.19. The fraction of sp³-hybridized carbons (Fsp3) is 0.571. The van der Waals surface area contributed by atoms with E-state index in [4.69, 9.17) is 0 Å². The summed E-state index contributed by atoms with van der Waals surface area (Å²) in [6, 6.07) is 9.02. The van der Waals surface area contributed by atoms with Crippen molar-refractivity contribution in [2.24, 2.45) is 0 Å². The van der Waals surface area contributed by atoms with Crippen LogP contribution in [0.4, 0.5) is 0 Å². The van der Waals surface area contributed by atoms with Crippen LogP contribution in [0.3, 0.4) is 0 Å². The van der Waals surface area contributed by atoms with E-state index in [9.17, 15) is 0 Å². The molecule has 0 aliphatic carbocycles. The molecule has 0 aliphatic rings. The van der Waals surface area contributed by atoms with Gasteiger partial charge in [0.25, 0.3) is 0 Å². The quantitative estimate of drug-likeness (QED) is 0.517. The van der Waals surface area contributed by atoms with Gasteiger partial charge in [-0.1, -0.05) is 46.2 Å². The Hall–Kier alpha value is -0.430. The smallest absolute Gasteiger partial charge is 0.00721 e. The first-order valence-corrected chi connectivity index (χ1v) is 6.76. The molecule has 0 aromatic heterocycles. The summed E-state index contributed by atoms with van der Waals surface area (Å²) in [6.07, 6.45) is 2.60. The highest BCUT2D eigenvalue weighted by Crippen LogP contribution is 2.25. The summed E-state index contributed by atoms with van der Waals surface area (Å²) in [4.78, 5) is 1.40. The zero-order chi connectivity index (χ0) is 11.3. The molecule has 0 aliphatic heterocycles. The van der Waals surface area contributed by atoms with E-state index >= 15 is 0 Å². The van der Waals surface area contributed by atoms with Crippen LogP contribution in [0, 0.1) is 0 Å². The second-order valence-electron chi connectivity index (χ2n) is 4.98. The van der Waals surface area contributed by atoms with Gasteiger partial charge >= 0.3 is 0 Å². The Morgan fingerprint density at radius 3 is 2.13 bits per heavy atom. The Labute approximate surface area is 98.5 Å². The summed E-state index contributed by atoms with van der Waals surface area (Å²) >= 11 is 1.96. The van der Waals surface area contributed by atoms with E-state index < -0.39 is 0 Å². The fourth-order valence-electron chi connectivity index (χ4n) is 1.39. The van der Waals surface area contributed by atoms with E-state index in [1.54, 1.807) is 0 Å². The van der Waals surface area contributed by atoms with Crippen LogP contribution in [0.5, 0.6) is 0 Å². The first-order valence-electron chi connectivity index (χ1n) is 5.77. The molecule has 15 heavy (non-hydrogen) atoms. The second-order valence-corrected chi connectivity index (χ2v) is 6.14. The molecule has 1 heteroatoms. The number of unbranched alkanes of at least 4 members (excludes halogenated alkanes) is 1. The van der Waals surface area contributed by atoms with Gasteiger partial charge < -0.3 is 0 Å². The van der Waals surface area contributed by atoms with E-state index in [1.807, 2.05) is 11.8 Å². The fourth-order valence-corrected chi connectivity index (χ4v) is 2.38. The molecular weight excluding hydrogens is 200 g/mol. The molecule has 0 heterocycles. The number of benzene rings is 1. The number of thioether (sulfide) groups is 1. The lowest BCUT2D eigenvalue weighted by molar-refractivity contribution is 0.590. The van der Waals surface area contributed by atoms with Crippen molar-refractivity contribution >= 4 is 11.8 Å². The zero-order valence-corrected chi connectivity index (χ0v) is 11.2. The van der Waals surface area contributed by atoms with Gasteiger partial charge in [0.1, 0.15) is 0 Å². The predicted molar refractivity (Wildman–Crippen MR) is 70.8 cm³/mol. The molecule has 0 nitrogen and oxygen atoms in total. The van der Waals surface area contributed by atoms with Gasteiger partial charge in [0.05, 0.1) is 0 Å². The Morgan fingerprint density at radius 2 is 1.67 bits per heavy atom. The van der Waals surface area contributed by atoms with Crippen molar-refractivity contribution in [3.8, 4) is 0 Å². The van der Waals surface area contributed by atoms with Gasteiger partial charge in [0.2, 0.25) is 0 Å². The third kappa shape index (κ3) is 4.29. The van der Waals surface area contributed by atoms with Gasteiger partial charge in [-0.05, 0) is 35.3 Å². The van der Waals surface area contributed by atoms with Crippen molar-refractivity contribution in [3.05, 3.63) is 29.8 Å². The molecular formula is C14H22S. The molecule has 0 radical (unpaired) electrons. The maximum absolute atomic E-state index is 2.26. The van der Waals surface area contributed by atoms with Crippen LogP contribution in [0.2, 0.25) is 0 Å². The van der Waals surface area contributed by atoms with Crippen LogP contribution < -0.4 is 0 Å². The molecule has 0 saturated heterocycles. The van der Waals surface area contributed by atoms with Gasteiger partial charge in [-0.2, -0.15) is 0 Å². The van der Waals surface area contributed by atoms with Crippen molar-refractivity contribution in [1.29, 1.82) is 0 Å². The monoisotopic (exact) mass is 222 g/mol. The molecule has 0 atom stereocenters. The highest BCUT2D eigenvalue weighted by Gasteiger charge is 2.12. The van der Waals surface area contributed by atoms with E-state index in [-0.39, 0.29) is 5.41 Å². The van der Waals surface area contributed by atoms with Crippen LogP contribution in [0.1, 0.15) is 46.1 Å². The first-order chi connectivity index (χ1) is 7.04. The van der Waals surface area contributed by atoms with Crippen molar-refractivity contribution in [2.75, 3.05) is 5.75 Å². The van der Waals surface area contributed by atoms with Crippen molar-refractivity contribution < 1.29 is 0 Å². The van der Waals surface area contributed by atoms with E-state index in [0.717, 1.165) is 0 Å². The summed E-state index contributed by atoms with van der Waals surface area (Å²) in [5.41, 5.74) is 1.69. The predicted octanol–water partition coefficient (Wildman–Crippen LogP) is 4.88. The van der Waals surface area contributed by atoms with Crippen LogP contribution >= 0.6 is 11.8 Å². The Kier molecular flexibility index (Phi) is 4.72. The molecule has 1 rings (SSSR count). The second kappa shape index (κ2) is 5.60. The molecule has 0 bridgehead atoms. The SMILES string of the molecule is CCCCSc1ccc(C(C)(C)C)cc1. The first kappa shape index (κ1) is 12.6. The zero-order valence-electron chi connectivity index (χ0n) is 10.3. The Bertz CT molecular complexity index is 279. The van der Waals surface area contributed by atoms with Gasteiger partial charge in [0, 0.05) is 4.90 Å². The van der Waals surface area contributed by atoms with Crippen LogP contribution in [0.15, 0.2) is 29.2 Å². The van der Waals surface area contributed by atoms with E-state index in [2.05, 4.69) is 52.0 Å². The van der Waals surface area contributed by atoms with Crippen molar-refractivity contribution in [1.82, 2.24) is 0 Å². The molecule has 0 spiro atoms. The third-order valence-corrected chi connectivity index (χ3v) is 3.59. The topological polar surface area (TPSA) is 0 Å². The number of hydrogen-bond acceptors (Lipinski definition) is 1. The summed E-state index contributed by atoms with van der Waals surface area (Å²) in [5.74, 6) is 1.24. The van der Waals surface area contributed by atoms with Crippen LogP contribution in [0.25, 0.3) is 0 Å². The summed E-state index contributed by atoms with van der Waals surface area (Å²) in [5, 5.41) is 0. The summed E-state index contributed by atoms with van der Waals surface area (Å²) < 4.78 is 0. The van der Waals surface area contributed by atoms with Gasteiger partial charge in [0.15, 0.2) is 0 Å². The largest absolute Gasteiger partial charge is 0.126 e. The van der Waals surface area contributed by atoms with Crippen molar-refractivity contribution in [2.45, 2.75) is 50.8 Å². The molecule has 0 saturated carbocycles. The molecule has 1 aromatic rings. The normalized spacial score (nSPS) is 11.7. The van der Waals surface area contributed by atoms with Crippen LogP contribution in [-0.2, 0) is 5.41 Å². The standard InChI is InChI=1S/C14H22S/c1-5-6-11-15-13-9-7-12(8-10-13)14(2,3)4/h7-10H,5-6,11H2,1-4H3. The van der Waals surface area contributed by atoms with E-state index in [0.29, 0.717) is 0 Å². The van der Waals surface area contributed by atoms with Gasteiger partial charge in [-0.25, -0.2) is 0 Å². The molecule has 0 N–H and O–H groups in total.